The molecule has 2 heterocycles. The molecule has 0 spiro atoms. The zero-order chi connectivity index (χ0) is 14.8. The summed E-state index contributed by atoms with van der Waals surface area (Å²) in [5.74, 6) is 0.0886. The van der Waals surface area contributed by atoms with Crippen LogP contribution in [0, 0.1) is 0 Å². The second-order valence-electron chi connectivity index (χ2n) is 5.41. The van der Waals surface area contributed by atoms with Crippen LogP contribution in [0.5, 0.6) is 0 Å². The van der Waals surface area contributed by atoms with Gasteiger partial charge in [-0.25, -0.2) is 0 Å². The van der Waals surface area contributed by atoms with Gasteiger partial charge in [0, 0.05) is 5.54 Å². The smallest absolute Gasteiger partial charge is 0.317 e. The van der Waals surface area contributed by atoms with E-state index in [2.05, 4.69) is 10.1 Å². The van der Waals surface area contributed by atoms with E-state index in [0.717, 1.165) is 4.88 Å². The van der Waals surface area contributed by atoms with Crippen molar-refractivity contribution in [3.63, 3.8) is 0 Å². The average molecular weight is 295 g/mol. The van der Waals surface area contributed by atoms with E-state index in [9.17, 15) is 4.79 Å². The molecule has 1 N–H and O–H groups in total. The van der Waals surface area contributed by atoms with Crippen molar-refractivity contribution in [3.05, 3.63) is 23.3 Å². The van der Waals surface area contributed by atoms with Crippen molar-refractivity contribution in [1.82, 2.24) is 15.0 Å². The second-order valence-corrected chi connectivity index (χ2v) is 6.36. The number of nitrogens with zero attached hydrogens (tertiary/aromatic N) is 3. The third-order valence-corrected chi connectivity index (χ3v) is 3.66. The van der Waals surface area contributed by atoms with Gasteiger partial charge in [-0.3, -0.25) is 9.69 Å². The number of carboxylic acids is 1. The Bertz CT molecular complexity index is 572. The number of hydrogen-bond acceptors (Lipinski definition) is 6. The fourth-order valence-corrected chi connectivity index (χ4v) is 2.33. The normalized spacial score (nSPS) is 12.0. The summed E-state index contributed by atoms with van der Waals surface area (Å²) in [6.07, 6.45) is 0. The maximum Gasteiger partial charge on any atom is 0.317 e. The monoisotopic (exact) mass is 295 g/mol. The van der Waals surface area contributed by atoms with Crippen LogP contribution < -0.4 is 0 Å². The molecule has 108 valence electrons. The second kappa shape index (κ2) is 5.72. The van der Waals surface area contributed by atoms with Crippen LogP contribution in [0.25, 0.3) is 10.8 Å². The SMILES string of the molecule is CC(C)(C)N(CC(=O)O)Cc1noc(-c2cccs2)n1. The van der Waals surface area contributed by atoms with Crippen molar-refractivity contribution in [1.29, 1.82) is 0 Å². The molecule has 0 aliphatic carbocycles. The van der Waals surface area contributed by atoms with Crippen LogP contribution in [0.2, 0.25) is 0 Å². The lowest BCUT2D eigenvalue weighted by atomic mass is 10.1. The van der Waals surface area contributed by atoms with Crippen molar-refractivity contribution in [2.45, 2.75) is 32.9 Å². The lowest BCUT2D eigenvalue weighted by Gasteiger charge is -2.33. The van der Waals surface area contributed by atoms with Crippen molar-refractivity contribution < 1.29 is 14.4 Å². The Balaban J connectivity index is 2.13. The molecule has 0 aliphatic rings. The zero-order valence-electron chi connectivity index (χ0n) is 11.7. The molecule has 2 aromatic heterocycles. The molecule has 0 aromatic carbocycles. The maximum absolute atomic E-state index is 10.9. The topological polar surface area (TPSA) is 79.5 Å². The molecule has 2 rings (SSSR count). The first-order chi connectivity index (χ1) is 9.36. The highest BCUT2D eigenvalue weighted by molar-refractivity contribution is 7.13. The van der Waals surface area contributed by atoms with E-state index in [1.807, 2.05) is 38.3 Å². The minimum Gasteiger partial charge on any atom is -0.480 e. The van der Waals surface area contributed by atoms with E-state index < -0.39 is 5.97 Å². The zero-order valence-corrected chi connectivity index (χ0v) is 12.5. The van der Waals surface area contributed by atoms with Gasteiger partial charge in [0.2, 0.25) is 0 Å². The van der Waals surface area contributed by atoms with Crippen molar-refractivity contribution in [3.8, 4) is 10.8 Å². The van der Waals surface area contributed by atoms with Crippen LogP contribution in [0.3, 0.4) is 0 Å². The van der Waals surface area contributed by atoms with E-state index in [1.54, 1.807) is 4.90 Å². The van der Waals surface area contributed by atoms with Gasteiger partial charge in [0.15, 0.2) is 5.82 Å². The average Bonchev–Trinajstić information content (AvgIpc) is 2.95. The van der Waals surface area contributed by atoms with E-state index in [4.69, 9.17) is 9.63 Å². The number of thiophene rings is 1. The van der Waals surface area contributed by atoms with Gasteiger partial charge < -0.3 is 9.63 Å². The molecule has 0 unspecified atom stereocenters. The van der Waals surface area contributed by atoms with Gasteiger partial charge in [-0.2, -0.15) is 4.98 Å². The summed E-state index contributed by atoms with van der Waals surface area (Å²) in [6.45, 7) is 6.14. The highest BCUT2D eigenvalue weighted by Gasteiger charge is 2.25. The molecule has 0 atom stereocenters. The lowest BCUT2D eigenvalue weighted by Crippen LogP contribution is -2.44. The third kappa shape index (κ3) is 3.64. The summed E-state index contributed by atoms with van der Waals surface area (Å²) in [4.78, 5) is 17.9. The Hall–Kier alpha value is -1.73. The summed E-state index contributed by atoms with van der Waals surface area (Å²) in [5, 5.41) is 14.8. The molecule has 6 nitrogen and oxygen atoms in total. The fraction of sp³-hybridized carbons (Fsp3) is 0.462. The minimum absolute atomic E-state index is 0.0631. The Morgan fingerprint density at radius 1 is 1.50 bits per heavy atom. The van der Waals surface area contributed by atoms with Crippen LogP contribution in [-0.4, -0.2) is 38.2 Å². The first kappa shape index (κ1) is 14.7. The van der Waals surface area contributed by atoms with Gasteiger partial charge in [-0.05, 0) is 32.2 Å². The molecular weight excluding hydrogens is 278 g/mol. The van der Waals surface area contributed by atoms with Crippen molar-refractivity contribution in [2.75, 3.05) is 6.54 Å². The summed E-state index contributed by atoms with van der Waals surface area (Å²) < 4.78 is 5.20. The van der Waals surface area contributed by atoms with Crippen LogP contribution in [-0.2, 0) is 11.3 Å². The highest BCUT2D eigenvalue weighted by atomic mass is 32.1. The number of hydrogen-bond donors (Lipinski definition) is 1. The molecule has 0 aliphatic heterocycles. The van der Waals surface area contributed by atoms with Gasteiger partial charge >= 0.3 is 5.97 Å². The van der Waals surface area contributed by atoms with Crippen LogP contribution in [0.1, 0.15) is 26.6 Å². The standard InChI is InChI=1S/C13H17N3O3S/c1-13(2,3)16(8-11(17)18)7-10-14-12(19-15-10)9-5-4-6-20-9/h4-6H,7-8H2,1-3H3,(H,17,18). The molecule has 0 saturated heterocycles. The molecule has 0 radical (unpaired) electrons. The Kier molecular flexibility index (Phi) is 4.20. The number of carboxylic acid groups (broad SMARTS) is 1. The minimum atomic E-state index is -0.873. The van der Waals surface area contributed by atoms with Gasteiger partial charge in [0.25, 0.3) is 5.89 Å². The summed E-state index contributed by atoms with van der Waals surface area (Å²) in [6, 6.07) is 3.82. The summed E-state index contributed by atoms with van der Waals surface area (Å²) in [7, 11) is 0. The quantitative estimate of drug-likeness (QED) is 0.913. The largest absolute Gasteiger partial charge is 0.480 e. The Morgan fingerprint density at radius 3 is 2.80 bits per heavy atom. The Labute approximate surface area is 121 Å². The Morgan fingerprint density at radius 2 is 2.25 bits per heavy atom. The van der Waals surface area contributed by atoms with Gasteiger partial charge in [-0.1, -0.05) is 11.2 Å². The van der Waals surface area contributed by atoms with Crippen LogP contribution in [0.4, 0.5) is 0 Å². The van der Waals surface area contributed by atoms with E-state index in [1.165, 1.54) is 11.3 Å². The van der Waals surface area contributed by atoms with Crippen molar-refractivity contribution >= 4 is 17.3 Å². The number of aliphatic carboxylic acids is 1. The summed E-state index contributed by atoms with van der Waals surface area (Å²) >= 11 is 1.52. The molecule has 0 amide bonds. The highest BCUT2D eigenvalue weighted by Crippen LogP contribution is 2.23. The molecule has 2 aromatic rings. The van der Waals surface area contributed by atoms with Crippen molar-refractivity contribution in [2.24, 2.45) is 0 Å². The maximum atomic E-state index is 10.9. The number of rotatable bonds is 5. The summed E-state index contributed by atoms with van der Waals surface area (Å²) in [5.41, 5.74) is -0.290. The van der Waals surface area contributed by atoms with Crippen LogP contribution >= 0.6 is 11.3 Å². The number of carbonyl (C=O) groups is 1. The lowest BCUT2D eigenvalue weighted by molar-refractivity contribution is -0.140. The first-order valence-corrected chi connectivity index (χ1v) is 7.07. The van der Waals surface area contributed by atoms with E-state index in [0.29, 0.717) is 18.3 Å². The molecule has 0 saturated carbocycles. The van der Waals surface area contributed by atoms with E-state index >= 15 is 0 Å². The van der Waals surface area contributed by atoms with Crippen LogP contribution in [0.15, 0.2) is 22.0 Å². The molecule has 20 heavy (non-hydrogen) atoms. The first-order valence-electron chi connectivity index (χ1n) is 6.19. The molecular formula is C13H17N3O3S. The van der Waals surface area contributed by atoms with Gasteiger partial charge in [0.05, 0.1) is 18.0 Å². The molecule has 0 fully saturated rings. The van der Waals surface area contributed by atoms with Gasteiger partial charge in [-0.15, -0.1) is 11.3 Å². The van der Waals surface area contributed by atoms with Gasteiger partial charge in [0.1, 0.15) is 0 Å². The number of aromatic nitrogens is 2. The predicted octanol–water partition coefficient (Wildman–Crippen LogP) is 2.48. The molecule has 7 heteroatoms. The van der Waals surface area contributed by atoms with E-state index in [-0.39, 0.29) is 12.1 Å². The molecule has 0 bridgehead atoms. The predicted molar refractivity (Wildman–Crippen MR) is 75.4 cm³/mol. The third-order valence-electron chi connectivity index (χ3n) is 2.81. The fourth-order valence-electron chi connectivity index (χ4n) is 1.68.